The molecule has 0 bridgehead atoms. The van der Waals surface area contributed by atoms with Crippen LogP contribution in [0.4, 0.5) is 0 Å². The first-order chi connectivity index (χ1) is 9.06. The molecule has 1 N–H and O–H groups in total. The molecule has 0 aromatic heterocycles. The Kier molecular flexibility index (Phi) is 4.51. The first-order valence-electron chi connectivity index (χ1n) is 5.91. The molecular formula is C15H14ClNOS. The van der Waals surface area contributed by atoms with Crippen molar-refractivity contribution in [2.75, 3.05) is 0 Å². The van der Waals surface area contributed by atoms with E-state index in [1.807, 2.05) is 37.3 Å². The van der Waals surface area contributed by atoms with Gasteiger partial charge in [-0.2, -0.15) is 0 Å². The zero-order chi connectivity index (χ0) is 13.8. The number of carbonyl (C=O) groups is 1. The summed E-state index contributed by atoms with van der Waals surface area (Å²) in [7, 11) is 0. The number of thiol groups is 1. The molecular weight excluding hydrogens is 278 g/mol. The standard InChI is InChI=1S/C15H14ClNOS/c1-10(11-4-2-6-13(16)8-11)17-15(18)12-5-3-7-14(19)9-12/h2-10,19H,1H3,(H,17,18). The highest BCUT2D eigenvalue weighted by Crippen LogP contribution is 2.18. The van der Waals surface area contributed by atoms with E-state index in [0.29, 0.717) is 10.6 Å². The molecule has 2 nitrogen and oxygen atoms in total. The van der Waals surface area contributed by atoms with E-state index in [-0.39, 0.29) is 11.9 Å². The van der Waals surface area contributed by atoms with E-state index in [0.717, 1.165) is 10.5 Å². The molecule has 4 heteroatoms. The van der Waals surface area contributed by atoms with E-state index in [2.05, 4.69) is 17.9 Å². The van der Waals surface area contributed by atoms with E-state index < -0.39 is 0 Å². The third-order valence-electron chi connectivity index (χ3n) is 2.80. The molecule has 2 aromatic carbocycles. The molecule has 2 aromatic rings. The number of carbonyl (C=O) groups excluding carboxylic acids is 1. The largest absolute Gasteiger partial charge is 0.346 e. The molecule has 1 unspecified atom stereocenters. The van der Waals surface area contributed by atoms with Crippen LogP contribution in [0.15, 0.2) is 53.4 Å². The fourth-order valence-electron chi connectivity index (χ4n) is 1.79. The van der Waals surface area contributed by atoms with E-state index in [4.69, 9.17) is 11.6 Å². The maximum Gasteiger partial charge on any atom is 0.251 e. The molecule has 1 amide bonds. The van der Waals surface area contributed by atoms with Gasteiger partial charge in [0, 0.05) is 15.5 Å². The average Bonchev–Trinajstić information content (AvgIpc) is 2.38. The molecule has 0 aliphatic heterocycles. The molecule has 0 aliphatic carbocycles. The van der Waals surface area contributed by atoms with Crippen LogP contribution in [-0.2, 0) is 0 Å². The zero-order valence-electron chi connectivity index (χ0n) is 10.4. The molecule has 0 radical (unpaired) electrons. The second kappa shape index (κ2) is 6.13. The number of amides is 1. The van der Waals surface area contributed by atoms with Gasteiger partial charge in [0.2, 0.25) is 0 Å². The van der Waals surface area contributed by atoms with Crippen molar-refractivity contribution in [2.24, 2.45) is 0 Å². The monoisotopic (exact) mass is 291 g/mol. The van der Waals surface area contributed by atoms with Gasteiger partial charge in [-0.3, -0.25) is 4.79 Å². The molecule has 2 rings (SSSR count). The third kappa shape index (κ3) is 3.75. The van der Waals surface area contributed by atoms with E-state index in [9.17, 15) is 4.79 Å². The fourth-order valence-corrected chi connectivity index (χ4v) is 2.21. The molecule has 0 spiro atoms. The molecule has 0 saturated heterocycles. The van der Waals surface area contributed by atoms with Crippen molar-refractivity contribution in [3.63, 3.8) is 0 Å². The highest BCUT2D eigenvalue weighted by Gasteiger charge is 2.11. The van der Waals surface area contributed by atoms with Crippen LogP contribution in [0.2, 0.25) is 5.02 Å². The van der Waals surface area contributed by atoms with Crippen LogP contribution >= 0.6 is 24.2 Å². The smallest absolute Gasteiger partial charge is 0.251 e. The molecule has 1 atom stereocenters. The topological polar surface area (TPSA) is 29.1 Å². The van der Waals surface area contributed by atoms with Crippen molar-refractivity contribution >= 4 is 30.1 Å². The van der Waals surface area contributed by atoms with Crippen molar-refractivity contribution in [3.8, 4) is 0 Å². The highest BCUT2D eigenvalue weighted by atomic mass is 35.5. The quantitative estimate of drug-likeness (QED) is 0.819. The van der Waals surface area contributed by atoms with E-state index >= 15 is 0 Å². The SMILES string of the molecule is CC(NC(=O)c1cccc(S)c1)c1cccc(Cl)c1. The minimum atomic E-state index is -0.122. The minimum Gasteiger partial charge on any atom is -0.346 e. The fraction of sp³-hybridized carbons (Fsp3) is 0.133. The van der Waals surface area contributed by atoms with Gasteiger partial charge in [-0.15, -0.1) is 12.6 Å². The Morgan fingerprint density at radius 1 is 1.21 bits per heavy atom. The van der Waals surface area contributed by atoms with Gasteiger partial charge in [0.05, 0.1) is 6.04 Å². The van der Waals surface area contributed by atoms with Gasteiger partial charge in [0.1, 0.15) is 0 Å². The summed E-state index contributed by atoms with van der Waals surface area (Å²) < 4.78 is 0. The molecule has 0 fully saturated rings. The summed E-state index contributed by atoms with van der Waals surface area (Å²) in [6.45, 7) is 1.92. The number of benzene rings is 2. The van der Waals surface area contributed by atoms with Gasteiger partial charge < -0.3 is 5.32 Å². The Bertz CT molecular complexity index is 600. The second-order valence-electron chi connectivity index (χ2n) is 4.30. The normalized spacial score (nSPS) is 11.9. The number of hydrogen-bond acceptors (Lipinski definition) is 2. The van der Waals surface area contributed by atoms with Crippen molar-refractivity contribution in [2.45, 2.75) is 17.9 Å². The lowest BCUT2D eigenvalue weighted by Gasteiger charge is -2.14. The lowest BCUT2D eigenvalue weighted by Crippen LogP contribution is -2.26. The van der Waals surface area contributed by atoms with Crippen LogP contribution in [0.25, 0.3) is 0 Å². The third-order valence-corrected chi connectivity index (χ3v) is 3.32. The molecule has 0 heterocycles. The summed E-state index contributed by atoms with van der Waals surface area (Å²) in [4.78, 5) is 12.9. The summed E-state index contributed by atoms with van der Waals surface area (Å²) in [5, 5.41) is 3.60. The summed E-state index contributed by atoms with van der Waals surface area (Å²) >= 11 is 10.2. The van der Waals surface area contributed by atoms with Crippen LogP contribution in [0.1, 0.15) is 28.9 Å². The Labute approximate surface area is 123 Å². The van der Waals surface area contributed by atoms with Crippen LogP contribution in [0.5, 0.6) is 0 Å². The predicted octanol–water partition coefficient (Wildman–Crippen LogP) is 4.12. The van der Waals surface area contributed by atoms with Crippen LogP contribution in [0.3, 0.4) is 0 Å². The average molecular weight is 292 g/mol. The van der Waals surface area contributed by atoms with Gasteiger partial charge in [-0.05, 0) is 42.8 Å². The van der Waals surface area contributed by atoms with Gasteiger partial charge in [-0.25, -0.2) is 0 Å². The summed E-state index contributed by atoms with van der Waals surface area (Å²) in [6, 6.07) is 14.5. The Morgan fingerprint density at radius 3 is 2.63 bits per heavy atom. The van der Waals surface area contributed by atoms with Gasteiger partial charge in [0.15, 0.2) is 0 Å². The maximum atomic E-state index is 12.1. The van der Waals surface area contributed by atoms with Gasteiger partial charge in [-0.1, -0.05) is 29.8 Å². The van der Waals surface area contributed by atoms with Gasteiger partial charge >= 0.3 is 0 Å². The first-order valence-corrected chi connectivity index (χ1v) is 6.74. The summed E-state index contributed by atoms with van der Waals surface area (Å²) in [6.07, 6.45) is 0. The number of hydrogen-bond donors (Lipinski definition) is 2. The number of halogens is 1. The maximum absolute atomic E-state index is 12.1. The van der Waals surface area contributed by atoms with Crippen LogP contribution in [0, 0.1) is 0 Å². The lowest BCUT2D eigenvalue weighted by molar-refractivity contribution is 0.0939. The Morgan fingerprint density at radius 2 is 1.95 bits per heavy atom. The first kappa shape index (κ1) is 14.0. The van der Waals surface area contributed by atoms with Gasteiger partial charge in [0.25, 0.3) is 5.91 Å². The molecule has 98 valence electrons. The summed E-state index contributed by atoms with van der Waals surface area (Å²) in [5.74, 6) is -0.122. The molecule has 0 aliphatic rings. The van der Waals surface area contributed by atoms with Crippen molar-refractivity contribution in [1.82, 2.24) is 5.32 Å². The van der Waals surface area contributed by atoms with Crippen LogP contribution in [-0.4, -0.2) is 5.91 Å². The van der Waals surface area contributed by atoms with E-state index in [1.165, 1.54) is 0 Å². The summed E-state index contributed by atoms with van der Waals surface area (Å²) in [5.41, 5.74) is 1.57. The Hall–Kier alpha value is -1.45. The second-order valence-corrected chi connectivity index (χ2v) is 5.25. The Balaban J connectivity index is 2.11. The highest BCUT2D eigenvalue weighted by molar-refractivity contribution is 7.80. The van der Waals surface area contributed by atoms with Crippen molar-refractivity contribution in [1.29, 1.82) is 0 Å². The predicted molar refractivity (Wildman–Crippen MR) is 81.0 cm³/mol. The number of nitrogens with one attached hydrogen (secondary N) is 1. The molecule has 0 saturated carbocycles. The van der Waals surface area contributed by atoms with E-state index in [1.54, 1.807) is 18.2 Å². The molecule has 19 heavy (non-hydrogen) atoms. The van der Waals surface area contributed by atoms with Crippen molar-refractivity contribution in [3.05, 3.63) is 64.7 Å². The minimum absolute atomic E-state index is 0.102. The lowest BCUT2D eigenvalue weighted by atomic mass is 10.1. The van der Waals surface area contributed by atoms with Crippen molar-refractivity contribution < 1.29 is 4.79 Å². The van der Waals surface area contributed by atoms with Crippen LogP contribution < -0.4 is 5.32 Å². The zero-order valence-corrected chi connectivity index (χ0v) is 12.1. The number of rotatable bonds is 3.